The second-order valence-corrected chi connectivity index (χ2v) is 3.19. The van der Waals surface area contributed by atoms with Crippen LogP contribution in [0.2, 0.25) is 5.02 Å². The third kappa shape index (κ3) is 3.55. The molecule has 0 unspecified atom stereocenters. The van der Waals surface area contributed by atoms with Gasteiger partial charge in [-0.15, -0.1) is 0 Å². The van der Waals surface area contributed by atoms with Gasteiger partial charge in [0.25, 0.3) is 0 Å². The molecule has 0 aliphatic heterocycles. The normalized spacial score (nSPS) is 9.31. The average Bonchev–Trinajstić information content (AvgIpc) is 2.09. The third-order valence-electron chi connectivity index (χ3n) is 1.65. The molecule has 1 amide bonds. The highest BCUT2D eigenvalue weighted by Gasteiger charge is 2.00. The van der Waals surface area contributed by atoms with Crippen molar-refractivity contribution in [1.29, 1.82) is 0 Å². The summed E-state index contributed by atoms with van der Waals surface area (Å²) >= 11 is 5.71. The Morgan fingerprint density at radius 3 is 2.62 bits per heavy atom. The first-order valence-corrected chi connectivity index (χ1v) is 4.61. The van der Waals surface area contributed by atoms with Crippen LogP contribution in [0, 0.1) is 0 Å². The van der Waals surface area contributed by atoms with Crippen molar-refractivity contribution in [1.82, 2.24) is 5.23 Å². The molecule has 5 heteroatoms. The lowest BCUT2D eigenvalue weighted by molar-refractivity contribution is -0.118. The van der Waals surface area contributed by atoms with Gasteiger partial charge in [0, 0.05) is 5.02 Å². The van der Waals surface area contributed by atoms with Crippen molar-refractivity contribution in [2.24, 2.45) is 0 Å². The van der Waals surface area contributed by atoms with Gasteiger partial charge in [0.05, 0.1) is 14.2 Å². The number of amides is 1. The maximum atomic E-state index is 11.2. The quantitative estimate of drug-likeness (QED) is 0.667. The largest absolute Gasteiger partial charge is 0.410 e. The first-order valence-electron chi connectivity index (χ1n) is 4.23. The molecule has 1 aromatic rings. The first kappa shape index (κ1) is 10.2. The Balaban J connectivity index is 2.54. The lowest BCUT2D eigenvalue weighted by Gasteiger charge is -2.01. The number of hydrogen-bond acceptors (Lipinski definition) is 1. The van der Waals surface area contributed by atoms with Crippen LogP contribution in [0.3, 0.4) is 0 Å². The minimum Gasteiger partial charge on any atom is -0.410 e. The first-order chi connectivity index (χ1) is 6.22. The number of carbonyl (C=O) groups is 1. The molecule has 1 N–H and O–H groups in total. The fraction of sp³-hybridized carbons (Fsp3) is 0.125. The zero-order chi connectivity index (χ0) is 9.68. The van der Waals surface area contributed by atoms with Gasteiger partial charge in [-0.25, -0.2) is 0 Å². The number of benzene rings is 1. The third-order valence-corrected chi connectivity index (χ3v) is 1.90. The summed E-state index contributed by atoms with van der Waals surface area (Å²) in [5.41, 5.74) is 0.982. The molecule has 0 aliphatic carbocycles. The van der Waals surface area contributed by atoms with Gasteiger partial charge >= 0.3 is 0 Å². The van der Waals surface area contributed by atoms with Crippen LogP contribution in [0.5, 0.6) is 0 Å². The lowest BCUT2D eigenvalue weighted by Crippen LogP contribution is -2.28. The number of nitrogens with one attached hydrogen (secondary N) is 1. The summed E-state index contributed by atoms with van der Waals surface area (Å²) in [5.74, 6) is 0.0461. The Bertz CT molecular complexity index is 289. The molecule has 13 heavy (non-hydrogen) atoms. The zero-order valence-electron chi connectivity index (χ0n) is 7.51. The summed E-state index contributed by atoms with van der Waals surface area (Å²) in [6.45, 7) is 0. The molecule has 0 aliphatic rings. The molecule has 0 heterocycles. The van der Waals surface area contributed by atoms with Crippen molar-refractivity contribution in [3.8, 4) is 0 Å². The van der Waals surface area contributed by atoms with Gasteiger partial charge < -0.3 is 5.23 Å². The Kier molecular flexibility index (Phi) is 3.90. The van der Waals surface area contributed by atoms with Crippen LogP contribution in [0.4, 0.5) is 0 Å². The van der Waals surface area contributed by atoms with E-state index in [9.17, 15) is 4.79 Å². The molecule has 1 rings (SSSR count). The van der Waals surface area contributed by atoms with Crippen LogP contribution in [-0.4, -0.2) is 20.9 Å². The van der Waals surface area contributed by atoms with Gasteiger partial charge in [0.2, 0.25) is 5.91 Å². The molecule has 1 aromatic carbocycles. The standard InChI is InChI=1S/C8H10B2ClNO/c9-10-12-8(13)5-6-1-3-7(11)4-2-6/h1-4,10H,5,9H2,(H,12,13). The smallest absolute Gasteiger partial charge is 0.211 e. The minimum atomic E-state index is 0.0461. The summed E-state index contributed by atoms with van der Waals surface area (Å²) in [5, 5.41) is 3.43. The van der Waals surface area contributed by atoms with Crippen molar-refractivity contribution in [2.75, 3.05) is 0 Å². The van der Waals surface area contributed by atoms with E-state index in [0.29, 0.717) is 18.7 Å². The monoisotopic (exact) mass is 193 g/mol. The van der Waals surface area contributed by atoms with E-state index in [4.69, 9.17) is 11.6 Å². The zero-order valence-corrected chi connectivity index (χ0v) is 8.27. The molecule has 0 saturated carbocycles. The van der Waals surface area contributed by atoms with Crippen LogP contribution in [0.15, 0.2) is 24.3 Å². The Hall–Kier alpha value is -0.890. The predicted molar refractivity (Wildman–Crippen MR) is 59.0 cm³/mol. The number of hydrogen-bond donors (Lipinski definition) is 1. The van der Waals surface area contributed by atoms with E-state index in [0.717, 1.165) is 5.56 Å². The van der Waals surface area contributed by atoms with E-state index in [1.165, 1.54) is 0 Å². The fourth-order valence-corrected chi connectivity index (χ4v) is 1.17. The van der Waals surface area contributed by atoms with Crippen molar-refractivity contribution in [2.45, 2.75) is 6.42 Å². The summed E-state index contributed by atoms with van der Waals surface area (Å²) in [6, 6.07) is 7.29. The number of rotatable bonds is 3. The molecule has 0 spiro atoms. The van der Waals surface area contributed by atoms with E-state index in [1.807, 2.05) is 19.9 Å². The highest BCUT2D eigenvalue weighted by molar-refractivity contribution is 6.89. The van der Waals surface area contributed by atoms with Crippen LogP contribution >= 0.6 is 11.6 Å². The molecule has 0 atom stereocenters. The molecule has 0 fully saturated rings. The van der Waals surface area contributed by atoms with Crippen LogP contribution < -0.4 is 5.23 Å². The molecule has 2 nitrogen and oxygen atoms in total. The van der Waals surface area contributed by atoms with E-state index in [-0.39, 0.29) is 5.91 Å². The number of halogens is 1. The van der Waals surface area contributed by atoms with Crippen LogP contribution in [0.1, 0.15) is 5.56 Å². The predicted octanol–water partition coefficient (Wildman–Crippen LogP) is -0.102. The molecule has 0 aromatic heterocycles. The maximum Gasteiger partial charge on any atom is 0.211 e. The summed E-state index contributed by atoms with van der Waals surface area (Å²) < 4.78 is 0. The topological polar surface area (TPSA) is 29.1 Å². The van der Waals surface area contributed by atoms with Crippen molar-refractivity contribution in [3.05, 3.63) is 34.9 Å². The van der Waals surface area contributed by atoms with Crippen LogP contribution in [-0.2, 0) is 11.2 Å². The van der Waals surface area contributed by atoms with Gasteiger partial charge in [-0.05, 0) is 17.7 Å². The fourth-order valence-electron chi connectivity index (χ4n) is 1.05. The summed E-state index contributed by atoms with van der Waals surface area (Å²) in [6.07, 6.45) is 0.422. The number of carbonyl (C=O) groups excluding carboxylic acids is 1. The summed E-state index contributed by atoms with van der Waals surface area (Å²) in [7, 11) is 2.58. The Morgan fingerprint density at radius 1 is 1.46 bits per heavy atom. The van der Waals surface area contributed by atoms with E-state index < -0.39 is 0 Å². The molecule has 0 bridgehead atoms. The Morgan fingerprint density at radius 2 is 2.08 bits per heavy atom. The molecular weight excluding hydrogens is 183 g/mol. The van der Waals surface area contributed by atoms with Gasteiger partial charge in [-0.2, -0.15) is 0 Å². The lowest BCUT2D eigenvalue weighted by atomic mass is 9.67. The van der Waals surface area contributed by atoms with E-state index >= 15 is 0 Å². The average molecular weight is 193 g/mol. The van der Waals surface area contributed by atoms with E-state index in [2.05, 4.69) is 5.23 Å². The van der Waals surface area contributed by atoms with E-state index in [1.54, 1.807) is 12.1 Å². The molecular formula is C8H10B2ClNO. The van der Waals surface area contributed by atoms with Crippen molar-refractivity contribution >= 4 is 32.6 Å². The second kappa shape index (κ2) is 4.97. The van der Waals surface area contributed by atoms with Gasteiger partial charge in [0.15, 0.2) is 7.31 Å². The minimum absolute atomic E-state index is 0.0461. The highest BCUT2D eigenvalue weighted by atomic mass is 35.5. The molecule has 0 radical (unpaired) electrons. The highest BCUT2D eigenvalue weighted by Crippen LogP contribution is 2.09. The second-order valence-electron chi connectivity index (χ2n) is 2.76. The van der Waals surface area contributed by atoms with Crippen LogP contribution in [0.25, 0.3) is 0 Å². The van der Waals surface area contributed by atoms with Crippen molar-refractivity contribution in [3.63, 3.8) is 0 Å². The van der Waals surface area contributed by atoms with Gasteiger partial charge in [0.1, 0.15) is 0 Å². The SMILES string of the molecule is BBNC(=O)Cc1ccc(Cl)cc1. The van der Waals surface area contributed by atoms with Crippen molar-refractivity contribution < 1.29 is 4.79 Å². The van der Waals surface area contributed by atoms with Gasteiger partial charge in [-0.1, -0.05) is 23.7 Å². The maximum absolute atomic E-state index is 11.2. The molecule has 0 saturated heterocycles. The Labute approximate surface area is 84.3 Å². The molecule has 66 valence electrons. The van der Waals surface area contributed by atoms with Gasteiger partial charge in [-0.3, -0.25) is 4.79 Å². The summed E-state index contributed by atoms with van der Waals surface area (Å²) in [4.78, 5) is 11.2.